The Balaban J connectivity index is 1.96. The van der Waals surface area contributed by atoms with E-state index in [4.69, 9.17) is 5.73 Å². The second-order valence-electron chi connectivity index (χ2n) is 5.43. The number of nitrogens with zero attached hydrogens (tertiary/aromatic N) is 1. The van der Waals surface area contributed by atoms with Crippen molar-refractivity contribution in [2.75, 3.05) is 12.3 Å². The molecule has 0 atom stereocenters. The number of benzene rings is 1. The van der Waals surface area contributed by atoms with Crippen molar-refractivity contribution in [3.05, 3.63) is 24.0 Å². The Labute approximate surface area is 112 Å². The van der Waals surface area contributed by atoms with Crippen LogP contribution in [-0.4, -0.2) is 25.3 Å². The largest absolute Gasteiger partial charge is 0.398 e. The lowest BCUT2D eigenvalue weighted by Crippen LogP contribution is -2.35. The first-order valence-electron chi connectivity index (χ1n) is 6.55. The van der Waals surface area contributed by atoms with Gasteiger partial charge < -0.3 is 5.73 Å². The maximum atomic E-state index is 13.3. The van der Waals surface area contributed by atoms with Gasteiger partial charge in [-0.1, -0.05) is 0 Å². The van der Waals surface area contributed by atoms with Crippen LogP contribution in [-0.2, 0) is 10.0 Å². The van der Waals surface area contributed by atoms with Gasteiger partial charge in [-0.3, -0.25) is 0 Å². The summed E-state index contributed by atoms with van der Waals surface area (Å²) in [4.78, 5) is -0.0972. The molecule has 0 saturated heterocycles. The molecule has 1 aromatic rings. The Morgan fingerprint density at radius 3 is 2.53 bits per heavy atom. The van der Waals surface area contributed by atoms with E-state index < -0.39 is 15.8 Å². The average molecular weight is 284 g/mol. The molecule has 3 rings (SSSR count). The smallest absolute Gasteiger partial charge is 0.245 e. The lowest BCUT2D eigenvalue weighted by molar-refractivity contribution is 0.388. The molecule has 0 unspecified atom stereocenters. The summed E-state index contributed by atoms with van der Waals surface area (Å²) in [5, 5.41) is 0. The molecule has 2 fully saturated rings. The van der Waals surface area contributed by atoms with Crippen molar-refractivity contribution in [1.29, 1.82) is 0 Å². The van der Waals surface area contributed by atoms with Gasteiger partial charge in [0, 0.05) is 12.6 Å². The van der Waals surface area contributed by atoms with E-state index in [0.29, 0.717) is 12.5 Å². The standard InChI is InChI=1S/C13H17FN2O2S/c14-10-3-6-12(15)13(7-10)19(17,18)16(11-4-5-11)8-9-1-2-9/h3,6-7,9,11H,1-2,4-5,8,15H2. The van der Waals surface area contributed by atoms with Gasteiger partial charge in [0.15, 0.2) is 0 Å². The Morgan fingerprint density at radius 1 is 1.26 bits per heavy atom. The minimum absolute atomic E-state index is 0.0771. The molecule has 0 heterocycles. The summed E-state index contributed by atoms with van der Waals surface area (Å²) < 4.78 is 40.1. The molecular weight excluding hydrogens is 267 g/mol. The molecule has 2 aliphatic carbocycles. The number of hydrogen-bond donors (Lipinski definition) is 1. The average Bonchev–Trinajstić information content (AvgIpc) is 3.22. The molecule has 2 N–H and O–H groups in total. The monoisotopic (exact) mass is 284 g/mol. The highest BCUT2D eigenvalue weighted by molar-refractivity contribution is 7.89. The fourth-order valence-corrected chi connectivity index (χ4v) is 4.11. The van der Waals surface area contributed by atoms with Gasteiger partial charge in [-0.05, 0) is 49.8 Å². The third kappa shape index (κ3) is 2.60. The van der Waals surface area contributed by atoms with Crippen molar-refractivity contribution in [2.45, 2.75) is 36.6 Å². The van der Waals surface area contributed by atoms with E-state index in [1.165, 1.54) is 16.4 Å². The van der Waals surface area contributed by atoms with Crippen LogP contribution in [0.15, 0.2) is 23.1 Å². The molecule has 0 aliphatic heterocycles. The normalized spacial score (nSPS) is 19.9. The van der Waals surface area contributed by atoms with Gasteiger partial charge in [-0.25, -0.2) is 12.8 Å². The second kappa shape index (κ2) is 4.45. The molecule has 2 aliphatic rings. The molecule has 2 saturated carbocycles. The van der Waals surface area contributed by atoms with Crippen molar-refractivity contribution >= 4 is 15.7 Å². The Morgan fingerprint density at radius 2 is 1.95 bits per heavy atom. The lowest BCUT2D eigenvalue weighted by atomic mass is 10.3. The number of rotatable bonds is 5. The molecule has 0 bridgehead atoms. The number of halogens is 1. The van der Waals surface area contributed by atoms with Crippen LogP contribution in [0.1, 0.15) is 25.7 Å². The molecule has 104 valence electrons. The zero-order chi connectivity index (χ0) is 13.6. The van der Waals surface area contributed by atoms with Crippen LogP contribution in [0.2, 0.25) is 0 Å². The first-order chi connectivity index (χ1) is 8.98. The summed E-state index contributed by atoms with van der Waals surface area (Å²) in [6, 6.07) is 3.59. The predicted molar refractivity (Wildman–Crippen MR) is 70.5 cm³/mol. The Kier molecular flexibility index (Phi) is 3.02. The highest BCUT2D eigenvalue weighted by Crippen LogP contribution is 2.38. The first kappa shape index (κ1) is 12.9. The van der Waals surface area contributed by atoms with E-state index in [-0.39, 0.29) is 16.6 Å². The van der Waals surface area contributed by atoms with Gasteiger partial charge in [0.25, 0.3) is 0 Å². The Bertz CT molecular complexity index is 595. The van der Waals surface area contributed by atoms with Crippen LogP contribution in [0.5, 0.6) is 0 Å². The van der Waals surface area contributed by atoms with Gasteiger partial charge in [-0.2, -0.15) is 4.31 Å². The second-order valence-corrected chi connectivity index (χ2v) is 7.29. The van der Waals surface area contributed by atoms with E-state index in [1.807, 2.05) is 0 Å². The molecule has 0 spiro atoms. The third-order valence-corrected chi connectivity index (χ3v) is 5.63. The van der Waals surface area contributed by atoms with Crippen LogP contribution in [0.4, 0.5) is 10.1 Å². The topological polar surface area (TPSA) is 63.4 Å². The molecule has 19 heavy (non-hydrogen) atoms. The zero-order valence-corrected chi connectivity index (χ0v) is 11.4. The minimum Gasteiger partial charge on any atom is -0.398 e. The lowest BCUT2D eigenvalue weighted by Gasteiger charge is -2.22. The molecule has 0 radical (unpaired) electrons. The molecule has 1 aromatic carbocycles. The molecule has 0 amide bonds. The van der Waals surface area contributed by atoms with Crippen LogP contribution < -0.4 is 5.73 Å². The first-order valence-corrected chi connectivity index (χ1v) is 7.99. The van der Waals surface area contributed by atoms with Gasteiger partial charge in [-0.15, -0.1) is 0 Å². The van der Waals surface area contributed by atoms with E-state index >= 15 is 0 Å². The predicted octanol–water partition coefficient (Wildman–Crippen LogP) is 1.97. The summed E-state index contributed by atoms with van der Waals surface area (Å²) in [5.41, 5.74) is 5.82. The SMILES string of the molecule is Nc1ccc(F)cc1S(=O)(=O)N(CC1CC1)C1CC1. The highest BCUT2D eigenvalue weighted by atomic mass is 32.2. The molecule has 4 nitrogen and oxygen atoms in total. The van der Waals surface area contributed by atoms with Crippen molar-refractivity contribution in [3.63, 3.8) is 0 Å². The van der Waals surface area contributed by atoms with Gasteiger partial charge in [0.2, 0.25) is 10.0 Å². The van der Waals surface area contributed by atoms with Crippen LogP contribution >= 0.6 is 0 Å². The van der Waals surface area contributed by atoms with Crippen molar-refractivity contribution in [1.82, 2.24) is 4.31 Å². The summed E-state index contributed by atoms with van der Waals surface area (Å²) in [6.07, 6.45) is 3.94. The van der Waals surface area contributed by atoms with E-state index in [0.717, 1.165) is 31.7 Å². The minimum atomic E-state index is -3.68. The Hall–Kier alpha value is -1.14. The quantitative estimate of drug-likeness (QED) is 0.841. The van der Waals surface area contributed by atoms with E-state index in [1.54, 1.807) is 0 Å². The maximum Gasteiger partial charge on any atom is 0.245 e. The fourth-order valence-electron chi connectivity index (χ4n) is 2.22. The van der Waals surface area contributed by atoms with E-state index in [2.05, 4.69) is 0 Å². The third-order valence-electron chi connectivity index (χ3n) is 3.65. The number of hydrogen-bond acceptors (Lipinski definition) is 3. The summed E-state index contributed by atoms with van der Waals surface area (Å²) in [7, 11) is -3.68. The number of anilines is 1. The van der Waals surface area contributed by atoms with Crippen LogP contribution in [0.3, 0.4) is 0 Å². The molecule has 0 aromatic heterocycles. The highest BCUT2D eigenvalue weighted by Gasteiger charge is 2.41. The number of sulfonamides is 1. The number of nitrogens with two attached hydrogens (primary N) is 1. The summed E-state index contributed by atoms with van der Waals surface area (Å²) in [6.45, 7) is 0.545. The molecule has 6 heteroatoms. The van der Waals surface area contributed by atoms with Crippen LogP contribution in [0, 0.1) is 11.7 Å². The zero-order valence-electron chi connectivity index (χ0n) is 10.5. The van der Waals surface area contributed by atoms with Crippen molar-refractivity contribution in [3.8, 4) is 0 Å². The van der Waals surface area contributed by atoms with E-state index in [9.17, 15) is 12.8 Å². The fraction of sp³-hybridized carbons (Fsp3) is 0.538. The van der Waals surface area contributed by atoms with Gasteiger partial charge in [0.1, 0.15) is 10.7 Å². The number of nitrogen functional groups attached to an aromatic ring is 1. The molecular formula is C13H17FN2O2S. The van der Waals surface area contributed by atoms with Gasteiger partial charge >= 0.3 is 0 Å². The maximum absolute atomic E-state index is 13.3. The summed E-state index contributed by atoms with van der Waals surface area (Å²) >= 11 is 0. The van der Waals surface area contributed by atoms with Crippen molar-refractivity contribution < 1.29 is 12.8 Å². The summed E-state index contributed by atoms with van der Waals surface area (Å²) in [5.74, 6) is -0.111. The van der Waals surface area contributed by atoms with Crippen LogP contribution in [0.25, 0.3) is 0 Å². The van der Waals surface area contributed by atoms with Gasteiger partial charge in [0.05, 0.1) is 5.69 Å². The van der Waals surface area contributed by atoms with Crippen molar-refractivity contribution in [2.24, 2.45) is 5.92 Å².